The molecule has 0 amide bonds. The molecule has 1 atom stereocenters. The molecule has 0 saturated heterocycles. The highest BCUT2D eigenvalue weighted by Gasteiger charge is 2.08. The molecule has 0 fully saturated rings. The Balaban J connectivity index is 1.94. The predicted octanol–water partition coefficient (Wildman–Crippen LogP) is 4.45. The molecule has 20 heavy (non-hydrogen) atoms. The number of rotatable bonds is 6. The van der Waals surface area contributed by atoms with Gasteiger partial charge in [0.05, 0.1) is 6.42 Å². The molecule has 104 valence electrons. The Morgan fingerprint density at radius 1 is 1.05 bits per heavy atom. The van der Waals surface area contributed by atoms with Crippen LogP contribution in [0.25, 0.3) is 11.1 Å². The van der Waals surface area contributed by atoms with Gasteiger partial charge < -0.3 is 5.11 Å². The van der Waals surface area contributed by atoms with Crippen LogP contribution in [0.4, 0.5) is 0 Å². The Morgan fingerprint density at radius 2 is 1.65 bits per heavy atom. The maximum atomic E-state index is 10.6. The third-order valence-electron chi connectivity index (χ3n) is 3.06. The monoisotopic (exact) mass is 286 g/mol. The Labute approximate surface area is 123 Å². The van der Waals surface area contributed by atoms with Crippen molar-refractivity contribution < 1.29 is 9.90 Å². The summed E-state index contributed by atoms with van der Waals surface area (Å²) in [6.45, 7) is 1.96. The lowest BCUT2D eigenvalue weighted by molar-refractivity contribution is -0.136. The van der Waals surface area contributed by atoms with Crippen molar-refractivity contribution in [3.63, 3.8) is 0 Å². The van der Waals surface area contributed by atoms with Crippen LogP contribution in [0.2, 0.25) is 0 Å². The molecule has 0 saturated carbocycles. The van der Waals surface area contributed by atoms with Crippen molar-refractivity contribution in [1.29, 1.82) is 0 Å². The molecule has 2 nitrogen and oxygen atoms in total. The Kier molecular flexibility index (Phi) is 5.24. The zero-order chi connectivity index (χ0) is 14.4. The molecule has 0 aliphatic heterocycles. The molecule has 1 unspecified atom stereocenters. The summed E-state index contributed by atoms with van der Waals surface area (Å²) in [5.41, 5.74) is 3.65. The molecular weight excluding hydrogens is 268 g/mol. The topological polar surface area (TPSA) is 37.3 Å². The van der Waals surface area contributed by atoms with E-state index in [1.807, 2.05) is 25.1 Å². The third kappa shape index (κ3) is 4.42. The second kappa shape index (κ2) is 7.15. The highest BCUT2D eigenvalue weighted by atomic mass is 32.2. The first-order valence-corrected chi connectivity index (χ1v) is 7.68. The molecule has 0 heterocycles. The Bertz CT molecular complexity index is 549. The van der Waals surface area contributed by atoms with Crippen LogP contribution in [0, 0.1) is 0 Å². The number of aliphatic carboxylic acids is 1. The van der Waals surface area contributed by atoms with Gasteiger partial charge in [-0.2, -0.15) is 11.8 Å². The minimum Gasteiger partial charge on any atom is -0.481 e. The minimum atomic E-state index is -0.732. The van der Waals surface area contributed by atoms with Gasteiger partial charge in [-0.3, -0.25) is 4.79 Å². The number of carboxylic acids is 1. The van der Waals surface area contributed by atoms with E-state index in [0.29, 0.717) is 0 Å². The van der Waals surface area contributed by atoms with E-state index in [9.17, 15) is 4.79 Å². The molecule has 0 aliphatic rings. The van der Waals surface area contributed by atoms with Crippen LogP contribution in [0.5, 0.6) is 0 Å². The molecule has 0 aliphatic carbocycles. The maximum Gasteiger partial charge on any atom is 0.304 e. The molecule has 2 aromatic carbocycles. The van der Waals surface area contributed by atoms with Crippen LogP contribution < -0.4 is 0 Å². The van der Waals surface area contributed by atoms with E-state index in [1.165, 1.54) is 16.7 Å². The Hall–Kier alpha value is -1.74. The first kappa shape index (κ1) is 14.7. The first-order chi connectivity index (χ1) is 9.65. The number of hydrogen-bond donors (Lipinski definition) is 1. The first-order valence-electron chi connectivity index (χ1n) is 6.63. The van der Waals surface area contributed by atoms with Gasteiger partial charge in [-0.1, -0.05) is 61.5 Å². The third-order valence-corrected chi connectivity index (χ3v) is 4.29. The van der Waals surface area contributed by atoms with Gasteiger partial charge in [0.25, 0.3) is 0 Å². The average Bonchev–Trinajstić information content (AvgIpc) is 2.46. The van der Waals surface area contributed by atoms with Crippen LogP contribution in [0.15, 0.2) is 54.6 Å². The molecular formula is C17H18O2S. The lowest BCUT2D eigenvalue weighted by atomic mass is 10.0. The largest absolute Gasteiger partial charge is 0.481 e. The lowest BCUT2D eigenvalue weighted by Gasteiger charge is -2.09. The van der Waals surface area contributed by atoms with Crippen LogP contribution in [0.3, 0.4) is 0 Å². The zero-order valence-electron chi connectivity index (χ0n) is 11.5. The van der Waals surface area contributed by atoms with Crippen molar-refractivity contribution >= 4 is 17.7 Å². The number of carboxylic acid groups (broad SMARTS) is 1. The standard InChI is InChI=1S/C17H18O2S/c1-13(11-17(18)19)20-12-14-7-9-16(10-8-14)15-5-3-2-4-6-15/h2-10,13H,11-12H2,1H3,(H,18,19). The minimum absolute atomic E-state index is 0.140. The summed E-state index contributed by atoms with van der Waals surface area (Å²) in [5.74, 6) is 0.119. The molecule has 3 heteroatoms. The molecule has 0 radical (unpaired) electrons. The van der Waals surface area contributed by atoms with Crippen molar-refractivity contribution in [2.75, 3.05) is 0 Å². The maximum absolute atomic E-state index is 10.6. The Morgan fingerprint density at radius 3 is 2.25 bits per heavy atom. The second-order valence-corrected chi connectivity index (χ2v) is 6.21. The van der Waals surface area contributed by atoms with E-state index < -0.39 is 5.97 Å². The average molecular weight is 286 g/mol. The van der Waals surface area contributed by atoms with Crippen LogP contribution >= 0.6 is 11.8 Å². The van der Waals surface area contributed by atoms with Crippen molar-refractivity contribution in [2.45, 2.75) is 24.3 Å². The predicted molar refractivity (Wildman–Crippen MR) is 84.9 cm³/mol. The van der Waals surface area contributed by atoms with E-state index in [-0.39, 0.29) is 11.7 Å². The highest BCUT2D eigenvalue weighted by Crippen LogP contribution is 2.23. The fraction of sp³-hybridized carbons (Fsp3) is 0.235. The summed E-state index contributed by atoms with van der Waals surface area (Å²) in [7, 11) is 0. The van der Waals surface area contributed by atoms with Gasteiger partial charge in [0, 0.05) is 11.0 Å². The summed E-state index contributed by atoms with van der Waals surface area (Å²) in [6.07, 6.45) is 0.215. The van der Waals surface area contributed by atoms with E-state index >= 15 is 0 Å². The molecule has 0 bridgehead atoms. The molecule has 2 rings (SSSR count). The van der Waals surface area contributed by atoms with Gasteiger partial charge in [0.15, 0.2) is 0 Å². The zero-order valence-corrected chi connectivity index (χ0v) is 12.3. The number of benzene rings is 2. The van der Waals surface area contributed by atoms with Crippen LogP contribution in [0.1, 0.15) is 18.9 Å². The normalized spacial score (nSPS) is 12.1. The van der Waals surface area contributed by atoms with Gasteiger partial charge in [-0.05, 0) is 16.7 Å². The molecule has 2 aromatic rings. The molecule has 0 spiro atoms. The molecule has 0 aromatic heterocycles. The van der Waals surface area contributed by atoms with Crippen molar-refractivity contribution in [3.05, 3.63) is 60.2 Å². The number of thioether (sulfide) groups is 1. The number of hydrogen-bond acceptors (Lipinski definition) is 2. The van der Waals surface area contributed by atoms with E-state index in [0.717, 1.165) is 5.75 Å². The summed E-state index contributed by atoms with van der Waals surface area (Å²) in [6, 6.07) is 18.7. The SMILES string of the molecule is CC(CC(=O)O)SCc1ccc(-c2ccccc2)cc1. The van der Waals surface area contributed by atoms with E-state index in [4.69, 9.17) is 5.11 Å². The quantitative estimate of drug-likeness (QED) is 0.852. The molecule has 1 N–H and O–H groups in total. The van der Waals surface area contributed by atoms with Crippen LogP contribution in [-0.2, 0) is 10.5 Å². The smallest absolute Gasteiger partial charge is 0.304 e. The van der Waals surface area contributed by atoms with Crippen molar-refractivity contribution in [1.82, 2.24) is 0 Å². The van der Waals surface area contributed by atoms with Gasteiger partial charge in [0.1, 0.15) is 0 Å². The second-order valence-electron chi connectivity index (χ2n) is 4.78. The summed E-state index contributed by atoms with van der Waals surface area (Å²) >= 11 is 1.68. The van der Waals surface area contributed by atoms with Gasteiger partial charge in [-0.15, -0.1) is 0 Å². The lowest BCUT2D eigenvalue weighted by Crippen LogP contribution is -2.05. The van der Waals surface area contributed by atoms with Crippen molar-refractivity contribution in [3.8, 4) is 11.1 Å². The van der Waals surface area contributed by atoms with E-state index in [1.54, 1.807) is 11.8 Å². The van der Waals surface area contributed by atoms with Gasteiger partial charge in [-0.25, -0.2) is 0 Å². The number of carbonyl (C=O) groups is 1. The summed E-state index contributed by atoms with van der Waals surface area (Å²) in [4.78, 5) is 10.6. The summed E-state index contributed by atoms with van der Waals surface area (Å²) < 4.78 is 0. The fourth-order valence-corrected chi connectivity index (χ4v) is 2.90. The van der Waals surface area contributed by atoms with E-state index in [2.05, 4.69) is 36.4 Å². The van der Waals surface area contributed by atoms with Crippen LogP contribution in [-0.4, -0.2) is 16.3 Å². The van der Waals surface area contributed by atoms with Gasteiger partial charge >= 0.3 is 5.97 Å². The highest BCUT2D eigenvalue weighted by molar-refractivity contribution is 7.99. The van der Waals surface area contributed by atoms with Gasteiger partial charge in [0.2, 0.25) is 0 Å². The fourth-order valence-electron chi connectivity index (χ4n) is 1.97. The summed E-state index contributed by atoms with van der Waals surface area (Å²) in [5, 5.41) is 8.87. The van der Waals surface area contributed by atoms with Crippen molar-refractivity contribution in [2.24, 2.45) is 0 Å².